The molecule has 0 radical (unpaired) electrons. The summed E-state index contributed by atoms with van der Waals surface area (Å²) in [5.41, 5.74) is 4.42. The standard InChI is InChI=1S/C38H29ClFN3O5S/c1-2-17-49(46,47)43-33-16-15-32(40)34(36(44)30-20-42-37-29(30)18-23(19-41-37)22-11-13-24(39)14-12-22)35(33)38(45)48-21-31-27-9-5-3-7-25(27)26-8-4-6-10-28(26)31/h3-16,18-20,31,43H,2,17,21H2,1H3,(H,41,42). The van der Waals surface area contributed by atoms with Crippen molar-refractivity contribution in [3.05, 3.63) is 142 Å². The minimum absolute atomic E-state index is 0.0403. The Morgan fingerprint density at radius 1 is 0.918 bits per heavy atom. The molecular formula is C38H29ClFN3O5S. The van der Waals surface area contributed by atoms with Gasteiger partial charge in [-0.15, -0.1) is 0 Å². The summed E-state index contributed by atoms with van der Waals surface area (Å²) in [4.78, 5) is 35.7. The lowest BCUT2D eigenvalue weighted by molar-refractivity contribution is 0.0491. The molecule has 8 nitrogen and oxygen atoms in total. The number of fused-ring (bicyclic) bond motifs is 4. The molecule has 49 heavy (non-hydrogen) atoms. The van der Waals surface area contributed by atoms with Gasteiger partial charge in [-0.2, -0.15) is 0 Å². The number of H-pyrrole nitrogens is 1. The van der Waals surface area contributed by atoms with Gasteiger partial charge in [0, 0.05) is 39.8 Å². The lowest BCUT2D eigenvalue weighted by Crippen LogP contribution is -2.23. The van der Waals surface area contributed by atoms with Crippen molar-refractivity contribution in [2.24, 2.45) is 0 Å². The molecule has 1 aliphatic rings. The van der Waals surface area contributed by atoms with E-state index < -0.39 is 38.7 Å². The number of aromatic nitrogens is 2. The number of benzene rings is 4. The van der Waals surface area contributed by atoms with Crippen LogP contribution in [-0.2, 0) is 14.8 Å². The summed E-state index contributed by atoms with van der Waals surface area (Å²) in [6, 6.07) is 26.5. The number of aromatic amines is 1. The highest BCUT2D eigenvalue weighted by Gasteiger charge is 2.33. The SMILES string of the molecule is CCCS(=O)(=O)Nc1ccc(F)c(C(=O)c2c[nH]c3ncc(-c4ccc(Cl)cc4)cc23)c1C(=O)OCC1c2ccccc2-c2ccccc21. The molecule has 4 aromatic carbocycles. The van der Waals surface area contributed by atoms with Crippen LogP contribution >= 0.6 is 11.6 Å². The average molecular weight is 694 g/mol. The van der Waals surface area contributed by atoms with Crippen LogP contribution in [0, 0.1) is 5.82 Å². The Labute approximate surface area is 287 Å². The van der Waals surface area contributed by atoms with Gasteiger partial charge in [-0.1, -0.05) is 79.2 Å². The number of esters is 1. The number of sulfonamides is 1. The quantitative estimate of drug-likeness (QED) is 0.110. The highest BCUT2D eigenvalue weighted by Crippen LogP contribution is 2.44. The molecule has 11 heteroatoms. The Morgan fingerprint density at radius 2 is 1.59 bits per heavy atom. The van der Waals surface area contributed by atoms with Gasteiger partial charge in [0.2, 0.25) is 10.0 Å². The number of carbonyl (C=O) groups excluding carboxylic acids is 2. The van der Waals surface area contributed by atoms with Crippen LogP contribution < -0.4 is 4.72 Å². The Balaban J connectivity index is 1.30. The summed E-state index contributed by atoms with van der Waals surface area (Å²) in [5.74, 6) is -3.48. The van der Waals surface area contributed by atoms with Crippen LogP contribution in [0.5, 0.6) is 0 Å². The van der Waals surface area contributed by atoms with Crippen LogP contribution in [0.25, 0.3) is 33.3 Å². The van der Waals surface area contributed by atoms with Crippen molar-refractivity contribution in [1.82, 2.24) is 9.97 Å². The molecular weight excluding hydrogens is 665 g/mol. The number of ketones is 1. The molecule has 0 spiro atoms. The van der Waals surface area contributed by atoms with Crippen LogP contribution in [0.1, 0.15) is 56.7 Å². The van der Waals surface area contributed by atoms with Gasteiger partial charge in [0.25, 0.3) is 0 Å². The predicted octanol–water partition coefficient (Wildman–Crippen LogP) is 8.37. The van der Waals surface area contributed by atoms with E-state index in [2.05, 4.69) is 14.7 Å². The third-order valence-corrected chi connectivity index (χ3v) is 10.3. The largest absolute Gasteiger partial charge is 0.461 e. The van der Waals surface area contributed by atoms with E-state index in [9.17, 15) is 18.0 Å². The number of nitrogens with zero attached hydrogens (tertiary/aromatic N) is 1. The summed E-state index contributed by atoms with van der Waals surface area (Å²) < 4.78 is 50.0. The van der Waals surface area contributed by atoms with Gasteiger partial charge in [0.15, 0.2) is 5.78 Å². The number of hydrogen-bond acceptors (Lipinski definition) is 6. The minimum Gasteiger partial charge on any atom is -0.461 e. The van der Waals surface area contributed by atoms with E-state index in [1.54, 1.807) is 43.5 Å². The van der Waals surface area contributed by atoms with Gasteiger partial charge < -0.3 is 9.72 Å². The lowest BCUT2D eigenvalue weighted by atomic mass is 9.95. The van der Waals surface area contributed by atoms with Gasteiger partial charge >= 0.3 is 5.97 Å². The Bertz CT molecular complexity index is 2330. The van der Waals surface area contributed by atoms with Crippen molar-refractivity contribution < 1.29 is 27.1 Å². The zero-order valence-electron chi connectivity index (χ0n) is 26.2. The number of anilines is 1. The number of rotatable bonds is 10. The molecule has 246 valence electrons. The number of ether oxygens (including phenoxy) is 1. The van der Waals surface area contributed by atoms with E-state index >= 15 is 4.39 Å². The van der Waals surface area contributed by atoms with Crippen LogP contribution in [0.15, 0.2) is 103 Å². The summed E-state index contributed by atoms with van der Waals surface area (Å²) in [6.45, 7) is 1.56. The first kappa shape index (κ1) is 32.2. The van der Waals surface area contributed by atoms with Crippen molar-refractivity contribution in [3.63, 3.8) is 0 Å². The number of hydrogen-bond donors (Lipinski definition) is 2. The average Bonchev–Trinajstić information content (AvgIpc) is 3.66. The summed E-state index contributed by atoms with van der Waals surface area (Å²) in [7, 11) is -3.95. The molecule has 2 N–H and O–H groups in total. The fourth-order valence-electron chi connectivity index (χ4n) is 6.38. The zero-order valence-corrected chi connectivity index (χ0v) is 27.7. The predicted molar refractivity (Wildman–Crippen MR) is 188 cm³/mol. The van der Waals surface area contributed by atoms with Crippen LogP contribution in [0.4, 0.5) is 10.1 Å². The monoisotopic (exact) mass is 693 g/mol. The van der Waals surface area contributed by atoms with Gasteiger partial charge in [-0.3, -0.25) is 9.52 Å². The molecule has 0 aliphatic heterocycles. The molecule has 6 aromatic rings. The van der Waals surface area contributed by atoms with Crippen molar-refractivity contribution in [1.29, 1.82) is 0 Å². The van der Waals surface area contributed by atoms with Crippen molar-refractivity contribution in [2.45, 2.75) is 19.3 Å². The third-order valence-electron chi connectivity index (χ3n) is 8.62. The molecule has 0 unspecified atom stereocenters. The van der Waals surface area contributed by atoms with E-state index in [1.165, 1.54) is 6.20 Å². The molecule has 1 aliphatic carbocycles. The first-order valence-corrected chi connectivity index (χ1v) is 17.6. The topological polar surface area (TPSA) is 118 Å². The van der Waals surface area contributed by atoms with Crippen molar-refractivity contribution in [3.8, 4) is 22.3 Å². The van der Waals surface area contributed by atoms with Gasteiger partial charge in [0.05, 0.1) is 22.6 Å². The molecule has 2 heterocycles. The van der Waals surface area contributed by atoms with Crippen LogP contribution in [0.3, 0.4) is 0 Å². The highest BCUT2D eigenvalue weighted by atomic mass is 35.5. The van der Waals surface area contributed by atoms with Crippen molar-refractivity contribution >= 4 is 50.1 Å². The Kier molecular flexibility index (Phi) is 8.52. The normalized spacial score (nSPS) is 12.5. The molecule has 2 aromatic heterocycles. The molecule has 0 bridgehead atoms. The van der Waals surface area contributed by atoms with Crippen molar-refractivity contribution in [2.75, 3.05) is 17.1 Å². The Hall–Kier alpha value is -5.32. The van der Waals surface area contributed by atoms with E-state index in [1.807, 2.05) is 48.5 Å². The smallest absolute Gasteiger partial charge is 0.341 e. The van der Waals surface area contributed by atoms with E-state index in [0.717, 1.165) is 39.9 Å². The van der Waals surface area contributed by atoms with Crippen LogP contribution in [0.2, 0.25) is 5.02 Å². The number of pyridine rings is 1. The van der Waals surface area contributed by atoms with E-state index in [-0.39, 0.29) is 29.5 Å². The molecule has 0 saturated carbocycles. The molecule has 0 saturated heterocycles. The fourth-order valence-corrected chi connectivity index (χ4v) is 7.65. The molecule has 0 amide bonds. The fraction of sp³-hybridized carbons (Fsp3) is 0.132. The van der Waals surface area contributed by atoms with E-state index in [0.29, 0.717) is 28.0 Å². The van der Waals surface area contributed by atoms with E-state index in [4.69, 9.17) is 16.3 Å². The van der Waals surface area contributed by atoms with Gasteiger partial charge in [-0.05, 0) is 64.6 Å². The minimum atomic E-state index is -3.95. The number of nitrogens with one attached hydrogen (secondary N) is 2. The maximum Gasteiger partial charge on any atom is 0.341 e. The Morgan fingerprint density at radius 3 is 2.27 bits per heavy atom. The number of halogens is 2. The van der Waals surface area contributed by atoms with Gasteiger partial charge in [-0.25, -0.2) is 22.6 Å². The first-order chi connectivity index (χ1) is 23.6. The zero-order chi connectivity index (χ0) is 34.3. The van der Waals surface area contributed by atoms with Gasteiger partial charge in [0.1, 0.15) is 18.1 Å². The van der Waals surface area contributed by atoms with Crippen LogP contribution in [-0.4, -0.2) is 42.5 Å². The molecule has 0 fully saturated rings. The second-order valence-electron chi connectivity index (χ2n) is 11.7. The lowest BCUT2D eigenvalue weighted by Gasteiger charge is -2.18. The highest BCUT2D eigenvalue weighted by molar-refractivity contribution is 7.92. The first-order valence-electron chi connectivity index (χ1n) is 15.6. The number of carbonyl (C=O) groups is 2. The second kappa shape index (κ2) is 12.9. The molecule has 0 atom stereocenters. The maximum absolute atomic E-state index is 15.9. The molecule has 7 rings (SSSR count). The third kappa shape index (κ3) is 6.09. The summed E-state index contributed by atoms with van der Waals surface area (Å²) >= 11 is 6.06. The summed E-state index contributed by atoms with van der Waals surface area (Å²) in [6.07, 6.45) is 3.31. The summed E-state index contributed by atoms with van der Waals surface area (Å²) in [5, 5.41) is 0.938. The maximum atomic E-state index is 15.9. The second-order valence-corrected chi connectivity index (χ2v) is 14.0.